The molecule has 1 atom stereocenters. The first-order valence-corrected chi connectivity index (χ1v) is 8.34. The van der Waals surface area contributed by atoms with Crippen molar-refractivity contribution in [1.82, 2.24) is 0 Å². The average molecular weight is 348 g/mol. The molecule has 0 bridgehead atoms. The van der Waals surface area contributed by atoms with Gasteiger partial charge in [-0.15, -0.1) is 0 Å². The number of carbonyl (C=O) groups is 1. The Labute approximate surface area is 153 Å². The number of esters is 1. The second kappa shape index (κ2) is 8.72. The number of hydrogen-bond acceptors (Lipinski definition) is 4. The van der Waals surface area contributed by atoms with Crippen molar-refractivity contribution in [2.45, 2.75) is 6.10 Å². The van der Waals surface area contributed by atoms with Crippen molar-refractivity contribution in [1.29, 1.82) is 0 Å². The van der Waals surface area contributed by atoms with Gasteiger partial charge in [0.15, 0.2) is 6.10 Å². The van der Waals surface area contributed by atoms with E-state index in [1.807, 2.05) is 60.7 Å². The summed E-state index contributed by atoms with van der Waals surface area (Å²) < 4.78 is 16.6. The van der Waals surface area contributed by atoms with Gasteiger partial charge >= 0.3 is 5.97 Å². The van der Waals surface area contributed by atoms with Crippen LogP contribution < -0.4 is 9.47 Å². The summed E-state index contributed by atoms with van der Waals surface area (Å²) in [5.74, 6) is 1.01. The van der Waals surface area contributed by atoms with Crippen LogP contribution in [0.4, 0.5) is 0 Å². The van der Waals surface area contributed by atoms with E-state index >= 15 is 0 Å². The maximum atomic E-state index is 12.5. The summed E-state index contributed by atoms with van der Waals surface area (Å²) in [6.45, 7) is 0.232. The smallest absolute Gasteiger partial charge is 0.338 e. The molecular formula is C22H20O4. The molecule has 0 heterocycles. The first-order chi connectivity index (χ1) is 12.8. The largest absolute Gasteiger partial charge is 0.497 e. The standard InChI is InChI=1S/C22H20O4/c1-24-19-14-12-18(13-15-19)22(23)26-21(17-8-4-2-5-9-17)16-25-20-10-6-3-7-11-20/h2-15,21H,16H2,1H3. The van der Waals surface area contributed by atoms with Crippen LogP contribution in [0.2, 0.25) is 0 Å². The van der Waals surface area contributed by atoms with Gasteiger partial charge in [0.2, 0.25) is 0 Å². The monoisotopic (exact) mass is 348 g/mol. The Balaban J connectivity index is 1.73. The van der Waals surface area contributed by atoms with Gasteiger partial charge in [0.25, 0.3) is 0 Å². The predicted octanol–water partition coefficient (Wildman–Crippen LogP) is 4.67. The van der Waals surface area contributed by atoms with Gasteiger partial charge in [-0.05, 0) is 42.0 Å². The Morgan fingerprint density at radius 2 is 1.42 bits per heavy atom. The molecule has 0 spiro atoms. The van der Waals surface area contributed by atoms with Crippen LogP contribution in [-0.4, -0.2) is 19.7 Å². The molecule has 0 radical (unpaired) electrons. The van der Waals surface area contributed by atoms with Crippen molar-refractivity contribution < 1.29 is 19.0 Å². The van der Waals surface area contributed by atoms with E-state index in [1.165, 1.54) is 0 Å². The lowest BCUT2D eigenvalue weighted by Gasteiger charge is -2.19. The second-order valence-electron chi connectivity index (χ2n) is 5.66. The fourth-order valence-electron chi connectivity index (χ4n) is 2.48. The van der Waals surface area contributed by atoms with Crippen LogP contribution in [0.5, 0.6) is 11.5 Å². The van der Waals surface area contributed by atoms with Crippen LogP contribution in [0.1, 0.15) is 22.0 Å². The summed E-state index contributed by atoms with van der Waals surface area (Å²) >= 11 is 0. The van der Waals surface area contributed by atoms with E-state index in [0.717, 1.165) is 11.3 Å². The topological polar surface area (TPSA) is 44.8 Å². The number of carbonyl (C=O) groups excluding carboxylic acids is 1. The number of rotatable bonds is 7. The van der Waals surface area contributed by atoms with Crippen molar-refractivity contribution in [2.24, 2.45) is 0 Å². The molecule has 4 heteroatoms. The minimum Gasteiger partial charge on any atom is -0.497 e. The third kappa shape index (κ3) is 4.63. The van der Waals surface area contributed by atoms with Crippen molar-refractivity contribution in [3.63, 3.8) is 0 Å². The highest BCUT2D eigenvalue weighted by Gasteiger charge is 2.19. The first-order valence-electron chi connectivity index (χ1n) is 8.34. The summed E-state index contributed by atoms with van der Waals surface area (Å²) in [4.78, 5) is 12.5. The lowest BCUT2D eigenvalue weighted by Crippen LogP contribution is -2.18. The van der Waals surface area contributed by atoms with Crippen molar-refractivity contribution in [3.8, 4) is 11.5 Å². The predicted molar refractivity (Wildman–Crippen MR) is 99.5 cm³/mol. The number of ether oxygens (including phenoxy) is 3. The summed E-state index contributed by atoms with van der Waals surface area (Å²) in [5.41, 5.74) is 1.34. The molecule has 0 saturated carbocycles. The summed E-state index contributed by atoms with van der Waals surface area (Å²) in [7, 11) is 1.58. The molecule has 0 aliphatic heterocycles. The molecule has 0 fully saturated rings. The Morgan fingerprint density at radius 1 is 0.808 bits per heavy atom. The summed E-state index contributed by atoms with van der Waals surface area (Å²) in [6, 6.07) is 25.9. The maximum Gasteiger partial charge on any atom is 0.338 e. The van der Waals surface area contributed by atoms with Crippen molar-refractivity contribution in [2.75, 3.05) is 13.7 Å². The van der Waals surface area contributed by atoms with Gasteiger partial charge < -0.3 is 14.2 Å². The van der Waals surface area contributed by atoms with Crippen LogP contribution in [0, 0.1) is 0 Å². The zero-order valence-corrected chi connectivity index (χ0v) is 14.5. The van der Waals surface area contributed by atoms with Gasteiger partial charge in [-0.3, -0.25) is 0 Å². The van der Waals surface area contributed by atoms with E-state index in [0.29, 0.717) is 11.3 Å². The molecule has 0 aliphatic rings. The van der Waals surface area contributed by atoms with Gasteiger partial charge in [-0.1, -0.05) is 48.5 Å². The van der Waals surface area contributed by atoms with Gasteiger partial charge in [0.1, 0.15) is 18.1 Å². The third-order valence-electron chi connectivity index (χ3n) is 3.89. The molecule has 0 amide bonds. The molecule has 3 aromatic rings. The van der Waals surface area contributed by atoms with Crippen LogP contribution in [-0.2, 0) is 4.74 Å². The Morgan fingerprint density at radius 3 is 2.04 bits per heavy atom. The molecule has 0 N–H and O–H groups in total. The lowest BCUT2D eigenvalue weighted by molar-refractivity contribution is 0.0168. The zero-order chi connectivity index (χ0) is 18.2. The van der Waals surface area contributed by atoms with E-state index < -0.39 is 12.1 Å². The van der Waals surface area contributed by atoms with Crippen LogP contribution in [0.25, 0.3) is 0 Å². The fraction of sp³-hybridized carbons (Fsp3) is 0.136. The molecule has 132 valence electrons. The fourth-order valence-corrected chi connectivity index (χ4v) is 2.48. The Bertz CT molecular complexity index is 814. The lowest BCUT2D eigenvalue weighted by atomic mass is 10.1. The number of para-hydroxylation sites is 1. The van der Waals surface area contributed by atoms with E-state index in [4.69, 9.17) is 14.2 Å². The molecule has 0 saturated heterocycles. The molecule has 3 aromatic carbocycles. The van der Waals surface area contributed by atoms with Crippen LogP contribution in [0.15, 0.2) is 84.9 Å². The van der Waals surface area contributed by atoms with Crippen molar-refractivity contribution in [3.05, 3.63) is 96.1 Å². The number of benzene rings is 3. The maximum absolute atomic E-state index is 12.5. The molecular weight excluding hydrogens is 328 g/mol. The second-order valence-corrected chi connectivity index (χ2v) is 5.66. The van der Waals surface area contributed by atoms with Gasteiger partial charge in [-0.25, -0.2) is 4.79 Å². The quantitative estimate of drug-likeness (QED) is 0.582. The van der Waals surface area contributed by atoms with Crippen molar-refractivity contribution >= 4 is 5.97 Å². The van der Waals surface area contributed by atoms with E-state index in [-0.39, 0.29) is 6.61 Å². The van der Waals surface area contributed by atoms with Gasteiger partial charge in [0, 0.05) is 0 Å². The molecule has 0 aromatic heterocycles. The molecule has 3 rings (SSSR count). The summed E-state index contributed by atoms with van der Waals surface area (Å²) in [5, 5.41) is 0. The molecule has 0 aliphatic carbocycles. The summed E-state index contributed by atoms with van der Waals surface area (Å²) in [6.07, 6.45) is -0.508. The van der Waals surface area contributed by atoms with Gasteiger partial charge in [-0.2, -0.15) is 0 Å². The number of hydrogen-bond donors (Lipinski definition) is 0. The molecule has 26 heavy (non-hydrogen) atoms. The molecule has 4 nitrogen and oxygen atoms in total. The van der Waals surface area contributed by atoms with Gasteiger partial charge in [0.05, 0.1) is 12.7 Å². The Hall–Kier alpha value is -3.27. The normalized spacial score (nSPS) is 11.4. The highest BCUT2D eigenvalue weighted by molar-refractivity contribution is 5.89. The Kier molecular flexibility index (Phi) is 5.88. The molecule has 1 unspecified atom stereocenters. The van der Waals surface area contributed by atoms with E-state index in [2.05, 4.69) is 0 Å². The minimum absolute atomic E-state index is 0.232. The third-order valence-corrected chi connectivity index (χ3v) is 3.89. The highest BCUT2D eigenvalue weighted by atomic mass is 16.6. The number of methoxy groups -OCH3 is 1. The zero-order valence-electron chi connectivity index (χ0n) is 14.5. The van der Waals surface area contributed by atoms with Crippen LogP contribution >= 0.6 is 0 Å². The first kappa shape index (κ1) is 17.5. The minimum atomic E-state index is -0.508. The average Bonchev–Trinajstić information content (AvgIpc) is 2.72. The SMILES string of the molecule is COc1ccc(C(=O)OC(COc2ccccc2)c2ccccc2)cc1. The van der Waals surface area contributed by atoms with E-state index in [1.54, 1.807) is 31.4 Å². The van der Waals surface area contributed by atoms with Crippen LogP contribution in [0.3, 0.4) is 0 Å². The van der Waals surface area contributed by atoms with E-state index in [9.17, 15) is 4.79 Å². The highest BCUT2D eigenvalue weighted by Crippen LogP contribution is 2.22.